The Labute approximate surface area is 106 Å². The summed E-state index contributed by atoms with van der Waals surface area (Å²) in [5, 5.41) is 12.3. The summed E-state index contributed by atoms with van der Waals surface area (Å²) in [5.41, 5.74) is 0.735. The van der Waals surface area contributed by atoms with E-state index in [4.69, 9.17) is 5.11 Å². The molecule has 100 valence electrons. The van der Waals surface area contributed by atoms with Crippen molar-refractivity contribution in [3.8, 4) is 5.75 Å². The van der Waals surface area contributed by atoms with Gasteiger partial charge in [-0.05, 0) is 30.5 Å². The van der Waals surface area contributed by atoms with E-state index in [1.807, 2.05) is 0 Å². The van der Waals surface area contributed by atoms with Gasteiger partial charge in [-0.3, -0.25) is 0 Å². The summed E-state index contributed by atoms with van der Waals surface area (Å²) in [6.07, 6.45) is 1.20. The van der Waals surface area contributed by atoms with Crippen LogP contribution in [0, 0.1) is 5.82 Å². The fourth-order valence-electron chi connectivity index (χ4n) is 2.02. The molecular formula is C12H16FNO3S. The Morgan fingerprint density at radius 3 is 2.61 bits per heavy atom. The van der Waals surface area contributed by atoms with Gasteiger partial charge in [-0.2, -0.15) is 0 Å². The van der Waals surface area contributed by atoms with Gasteiger partial charge < -0.3 is 10.4 Å². The molecule has 1 fully saturated rings. The molecule has 0 atom stereocenters. The van der Waals surface area contributed by atoms with Crippen LogP contribution in [0.5, 0.6) is 5.75 Å². The van der Waals surface area contributed by atoms with Crippen LogP contribution in [-0.2, 0) is 16.4 Å². The first-order valence-electron chi connectivity index (χ1n) is 5.87. The second kappa shape index (κ2) is 5.24. The third kappa shape index (κ3) is 3.43. The number of phenols is 1. The SMILES string of the molecule is O=S1(=O)CCC(NCc2ccc(O)c(F)c2)CC1. The number of nitrogens with one attached hydrogen (secondary N) is 1. The Morgan fingerprint density at radius 1 is 1.33 bits per heavy atom. The average Bonchev–Trinajstić information content (AvgIpc) is 2.32. The van der Waals surface area contributed by atoms with Crippen molar-refractivity contribution in [2.75, 3.05) is 11.5 Å². The Morgan fingerprint density at radius 2 is 2.00 bits per heavy atom. The summed E-state index contributed by atoms with van der Waals surface area (Å²) < 4.78 is 35.6. The van der Waals surface area contributed by atoms with Gasteiger partial charge in [-0.25, -0.2) is 12.8 Å². The van der Waals surface area contributed by atoms with Crippen molar-refractivity contribution in [2.24, 2.45) is 0 Å². The largest absolute Gasteiger partial charge is 0.505 e. The Balaban J connectivity index is 1.87. The number of halogens is 1. The van der Waals surface area contributed by atoms with E-state index in [-0.39, 0.29) is 23.3 Å². The monoisotopic (exact) mass is 273 g/mol. The standard InChI is InChI=1S/C12H16FNO3S/c13-11-7-9(1-2-12(11)15)8-14-10-3-5-18(16,17)6-4-10/h1-2,7,10,14-15H,3-6,8H2. The Bertz CT molecular complexity index is 516. The number of rotatable bonds is 3. The lowest BCUT2D eigenvalue weighted by molar-refractivity contribution is 0.430. The zero-order chi connectivity index (χ0) is 13.2. The van der Waals surface area contributed by atoms with Crippen LogP contribution >= 0.6 is 0 Å². The third-order valence-electron chi connectivity index (χ3n) is 3.16. The Kier molecular flexibility index (Phi) is 3.87. The van der Waals surface area contributed by atoms with Crippen LogP contribution in [0.2, 0.25) is 0 Å². The average molecular weight is 273 g/mol. The van der Waals surface area contributed by atoms with Gasteiger partial charge in [0.05, 0.1) is 11.5 Å². The molecular weight excluding hydrogens is 257 g/mol. The maximum atomic E-state index is 13.1. The lowest BCUT2D eigenvalue weighted by atomic mass is 10.1. The molecule has 0 saturated carbocycles. The number of benzene rings is 1. The molecule has 0 aliphatic carbocycles. The maximum Gasteiger partial charge on any atom is 0.165 e. The van der Waals surface area contributed by atoms with Crippen LogP contribution in [-0.4, -0.2) is 31.1 Å². The summed E-state index contributed by atoms with van der Waals surface area (Å²) in [4.78, 5) is 0. The van der Waals surface area contributed by atoms with Crippen molar-refractivity contribution in [3.05, 3.63) is 29.6 Å². The highest BCUT2D eigenvalue weighted by Gasteiger charge is 2.22. The van der Waals surface area contributed by atoms with Crippen molar-refractivity contribution in [1.82, 2.24) is 5.32 Å². The van der Waals surface area contributed by atoms with Crippen LogP contribution < -0.4 is 5.32 Å². The van der Waals surface area contributed by atoms with E-state index in [0.29, 0.717) is 19.4 Å². The van der Waals surface area contributed by atoms with Crippen LogP contribution in [0.3, 0.4) is 0 Å². The summed E-state index contributed by atoms with van der Waals surface area (Å²) in [6.45, 7) is 0.474. The minimum Gasteiger partial charge on any atom is -0.505 e. The fourth-order valence-corrected chi connectivity index (χ4v) is 3.51. The number of sulfone groups is 1. The summed E-state index contributed by atoms with van der Waals surface area (Å²) >= 11 is 0. The lowest BCUT2D eigenvalue weighted by Gasteiger charge is -2.23. The first-order chi connectivity index (χ1) is 8.46. The van der Waals surface area contributed by atoms with Gasteiger partial charge in [0.1, 0.15) is 9.84 Å². The van der Waals surface area contributed by atoms with Gasteiger partial charge in [-0.15, -0.1) is 0 Å². The number of hydrogen-bond acceptors (Lipinski definition) is 4. The molecule has 6 heteroatoms. The first kappa shape index (κ1) is 13.3. The van der Waals surface area contributed by atoms with Crippen LogP contribution in [0.4, 0.5) is 4.39 Å². The van der Waals surface area contributed by atoms with E-state index >= 15 is 0 Å². The predicted octanol–water partition coefficient (Wildman–Crippen LogP) is 1.20. The van der Waals surface area contributed by atoms with E-state index in [2.05, 4.69) is 5.32 Å². The minimum absolute atomic E-state index is 0.158. The molecule has 1 aliphatic heterocycles. The number of hydrogen-bond donors (Lipinski definition) is 2. The zero-order valence-corrected chi connectivity index (χ0v) is 10.7. The van der Waals surface area contributed by atoms with Crippen LogP contribution in [0.25, 0.3) is 0 Å². The summed E-state index contributed by atoms with van der Waals surface area (Å²) in [5.74, 6) is -0.563. The molecule has 1 aromatic carbocycles. The second-order valence-electron chi connectivity index (χ2n) is 4.59. The first-order valence-corrected chi connectivity index (χ1v) is 7.69. The van der Waals surface area contributed by atoms with Gasteiger partial charge in [0.15, 0.2) is 11.6 Å². The highest BCUT2D eigenvalue weighted by atomic mass is 32.2. The summed E-state index contributed by atoms with van der Waals surface area (Å²) in [7, 11) is -2.84. The number of aromatic hydroxyl groups is 1. The molecule has 18 heavy (non-hydrogen) atoms. The zero-order valence-electron chi connectivity index (χ0n) is 9.89. The summed E-state index contributed by atoms with van der Waals surface area (Å²) in [6, 6.07) is 4.40. The second-order valence-corrected chi connectivity index (χ2v) is 6.90. The fraction of sp³-hybridized carbons (Fsp3) is 0.500. The van der Waals surface area contributed by atoms with Crippen molar-refractivity contribution >= 4 is 9.84 Å². The van der Waals surface area contributed by atoms with E-state index in [1.54, 1.807) is 6.07 Å². The molecule has 2 N–H and O–H groups in total. The smallest absolute Gasteiger partial charge is 0.165 e. The van der Waals surface area contributed by atoms with E-state index in [0.717, 1.165) is 5.56 Å². The van der Waals surface area contributed by atoms with Gasteiger partial charge in [0, 0.05) is 12.6 Å². The molecule has 1 saturated heterocycles. The molecule has 0 bridgehead atoms. The van der Waals surface area contributed by atoms with E-state index in [9.17, 15) is 12.8 Å². The van der Waals surface area contributed by atoms with Gasteiger partial charge in [0.25, 0.3) is 0 Å². The number of phenolic OH excluding ortho intramolecular Hbond substituents is 1. The van der Waals surface area contributed by atoms with Crippen molar-refractivity contribution in [3.63, 3.8) is 0 Å². The van der Waals surface area contributed by atoms with Gasteiger partial charge in [-0.1, -0.05) is 6.07 Å². The minimum atomic E-state index is -2.84. The maximum absolute atomic E-state index is 13.1. The molecule has 1 heterocycles. The van der Waals surface area contributed by atoms with Crippen molar-refractivity contribution < 1.29 is 17.9 Å². The molecule has 0 aromatic heterocycles. The highest BCUT2D eigenvalue weighted by Crippen LogP contribution is 2.17. The van der Waals surface area contributed by atoms with Crippen molar-refractivity contribution in [1.29, 1.82) is 0 Å². The van der Waals surface area contributed by atoms with Crippen LogP contribution in [0.15, 0.2) is 18.2 Å². The molecule has 1 aromatic rings. The normalized spacial score (nSPS) is 19.8. The predicted molar refractivity (Wildman–Crippen MR) is 66.6 cm³/mol. The molecule has 1 aliphatic rings. The molecule has 2 rings (SSSR count). The molecule has 0 unspecified atom stereocenters. The van der Waals surface area contributed by atoms with Crippen molar-refractivity contribution in [2.45, 2.75) is 25.4 Å². The third-order valence-corrected chi connectivity index (χ3v) is 4.88. The van der Waals surface area contributed by atoms with E-state index < -0.39 is 15.7 Å². The van der Waals surface area contributed by atoms with E-state index in [1.165, 1.54) is 12.1 Å². The van der Waals surface area contributed by atoms with Gasteiger partial charge in [0.2, 0.25) is 0 Å². The van der Waals surface area contributed by atoms with Gasteiger partial charge >= 0.3 is 0 Å². The van der Waals surface area contributed by atoms with Crippen LogP contribution in [0.1, 0.15) is 18.4 Å². The quantitative estimate of drug-likeness (QED) is 0.868. The molecule has 0 spiro atoms. The Hall–Kier alpha value is -1.14. The molecule has 4 nitrogen and oxygen atoms in total. The molecule has 0 amide bonds. The molecule has 0 radical (unpaired) electrons. The topological polar surface area (TPSA) is 66.4 Å². The lowest BCUT2D eigenvalue weighted by Crippen LogP contribution is -2.37. The highest BCUT2D eigenvalue weighted by molar-refractivity contribution is 7.91.